The van der Waals surface area contributed by atoms with E-state index in [1.165, 1.54) is 0 Å². The molecule has 2 heterocycles. The van der Waals surface area contributed by atoms with E-state index in [1.54, 1.807) is 13.2 Å². The summed E-state index contributed by atoms with van der Waals surface area (Å²) in [5, 5.41) is 1.24. The van der Waals surface area contributed by atoms with Crippen molar-refractivity contribution in [2.75, 3.05) is 13.7 Å². The van der Waals surface area contributed by atoms with Crippen LogP contribution in [-0.4, -0.2) is 37.4 Å². The summed E-state index contributed by atoms with van der Waals surface area (Å²) in [6.45, 7) is 12.2. The lowest BCUT2D eigenvalue weighted by Gasteiger charge is -2.42. The summed E-state index contributed by atoms with van der Waals surface area (Å²) >= 11 is 0. The SMILES string of the molecule is COCn1cc([C@@H]2CC=CC(=O)N2[C@@H](CO[Si](C)(C)C(C)(C)C)c2ccccc2)c2ccccc21. The van der Waals surface area contributed by atoms with E-state index in [-0.39, 0.29) is 23.0 Å². The topological polar surface area (TPSA) is 43.7 Å². The third-order valence-corrected chi connectivity index (χ3v) is 12.1. The Morgan fingerprint density at radius 1 is 1.06 bits per heavy atom. The van der Waals surface area contributed by atoms with Gasteiger partial charge in [0.15, 0.2) is 8.32 Å². The highest BCUT2D eigenvalue weighted by atomic mass is 28.4. The van der Waals surface area contributed by atoms with Crippen LogP contribution in [0.1, 0.15) is 50.4 Å². The van der Waals surface area contributed by atoms with Crippen LogP contribution in [0.15, 0.2) is 72.9 Å². The Balaban J connectivity index is 1.79. The summed E-state index contributed by atoms with van der Waals surface area (Å²) in [7, 11) is -0.309. The van der Waals surface area contributed by atoms with Crippen molar-refractivity contribution in [3.05, 3.63) is 84.1 Å². The second kappa shape index (κ2) is 10.1. The predicted molar refractivity (Wildman–Crippen MR) is 145 cm³/mol. The summed E-state index contributed by atoms with van der Waals surface area (Å²) < 4.78 is 14.3. The fourth-order valence-corrected chi connectivity index (χ4v) is 5.61. The van der Waals surface area contributed by atoms with E-state index in [4.69, 9.17) is 9.16 Å². The highest BCUT2D eigenvalue weighted by Crippen LogP contribution is 2.42. The number of hydrogen-bond donors (Lipinski definition) is 0. The van der Waals surface area contributed by atoms with Crippen molar-refractivity contribution in [1.29, 1.82) is 0 Å². The van der Waals surface area contributed by atoms with Crippen LogP contribution in [-0.2, 0) is 20.7 Å². The highest BCUT2D eigenvalue weighted by Gasteiger charge is 2.40. The molecule has 186 valence electrons. The minimum absolute atomic E-state index is 0.0255. The maximum absolute atomic E-state index is 13.5. The predicted octanol–water partition coefficient (Wildman–Crippen LogP) is 6.84. The third kappa shape index (κ3) is 5.15. The smallest absolute Gasteiger partial charge is 0.247 e. The van der Waals surface area contributed by atoms with Crippen LogP contribution in [0.3, 0.4) is 0 Å². The van der Waals surface area contributed by atoms with Gasteiger partial charge in [0, 0.05) is 24.3 Å². The average molecular weight is 491 g/mol. The number of carbonyl (C=O) groups is 1. The van der Waals surface area contributed by atoms with Crippen LogP contribution in [0.2, 0.25) is 18.1 Å². The Kier molecular flexibility index (Phi) is 7.36. The van der Waals surface area contributed by atoms with Gasteiger partial charge in [-0.1, -0.05) is 75.4 Å². The molecule has 3 aromatic rings. The maximum atomic E-state index is 13.5. The summed E-state index contributed by atoms with van der Waals surface area (Å²) in [4.78, 5) is 15.6. The van der Waals surface area contributed by atoms with Gasteiger partial charge >= 0.3 is 0 Å². The number of methoxy groups -OCH3 is 1. The molecule has 0 saturated heterocycles. The highest BCUT2D eigenvalue weighted by molar-refractivity contribution is 6.74. The number of amides is 1. The van der Waals surface area contributed by atoms with Crippen molar-refractivity contribution in [2.45, 2.75) is 64.1 Å². The summed E-state index contributed by atoms with van der Waals surface area (Å²) in [6.07, 6.45) is 6.63. The fraction of sp³-hybridized carbons (Fsp3) is 0.414. The summed E-state index contributed by atoms with van der Waals surface area (Å²) in [5.74, 6) is 0.0255. The van der Waals surface area contributed by atoms with Crippen LogP contribution in [0.5, 0.6) is 0 Å². The zero-order valence-corrected chi connectivity index (χ0v) is 22.8. The van der Waals surface area contributed by atoms with E-state index in [0.29, 0.717) is 13.3 Å². The van der Waals surface area contributed by atoms with Gasteiger partial charge in [0.25, 0.3) is 0 Å². The Labute approximate surface area is 210 Å². The second-order valence-electron chi connectivity index (χ2n) is 10.9. The van der Waals surface area contributed by atoms with E-state index in [1.807, 2.05) is 35.2 Å². The first-order valence-electron chi connectivity index (χ1n) is 12.4. The van der Waals surface area contributed by atoms with Crippen LogP contribution in [0.4, 0.5) is 0 Å². The molecule has 0 fully saturated rings. The Morgan fingerprint density at radius 3 is 2.43 bits per heavy atom. The zero-order valence-electron chi connectivity index (χ0n) is 21.8. The lowest BCUT2D eigenvalue weighted by molar-refractivity contribution is -0.133. The number of fused-ring (bicyclic) bond motifs is 1. The van der Waals surface area contributed by atoms with E-state index in [2.05, 4.69) is 75.0 Å². The van der Waals surface area contributed by atoms with Crippen molar-refractivity contribution >= 4 is 25.1 Å². The first kappa shape index (κ1) is 25.4. The largest absolute Gasteiger partial charge is 0.414 e. The number of para-hydroxylation sites is 1. The molecule has 0 spiro atoms. The van der Waals surface area contributed by atoms with Crippen molar-refractivity contribution in [2.24, 2.45) is 0 Å². The molecule has 1 aliphatic rings. The van der Waals surface area contributed by atoms with Crippen molar-refractivity contribution in [3.8, 4) is 0 Å². The Hall–Kier alpha value is -2.67. The molecule has 0 unspecified atom stereocenters. The Bertz CT molecular complexity index is 1190. The molecule has 4 rings (SSSR count). The molecule has 2 aromatic carbocycles. The quantitative estimate of drug-likeness (QED) is 0.325. The molecule has 1 aliphatic heterocycles. The molecule has 6 heteroatoms. The van der Waals surface area contributed by atoms with Gasteiger partial charge in [0.2, 0.25) is 5.91 Å². The van der Waals surface area contributed by atoms with Crippen LogP contribution in [0.25, 0.3) is 10.9 Å². The summed E-state index contributed by atoms with van der Waals surface area (Å²) in [5.41, 5.74) is 3.35. The minimum atomic E-state index is -2.01. The first-order valence-corrected chi connectivity index (χ1v) is 15.3. The molecule has 2 atom stereocenters. The van der Waals surface area contributed by atoms with Crippen molar-refractivity contribution < 1.29 is 14.0 Å². The van der Waals surface area contributed by atoms with Gasteiger partial charge in [-0.3, -0.25) is 4.79 Å². The third-order valence-electron chi connectivity index (χ3n) is 7.58. The number of carbonyl (C=O) groups excluding carboxylic acids is 1. The van der Waals surface area contributed by atoms with Gasteiger partial charge in [-0.2, -0.15) is 0 Å². The molecule has 0 radical (unpaired) electrons. The van der Waals surface area contributed by atoms with Gasteiger partial charge in [-0.05, 0) is 42.3 Å². The Morgan fingerprint density at radius 2 is 1.74 bits per heavy atom. The molecule has 0 aliphatic carbocycles. The molecule has 0 bridgehead atoms. The molecule has 1 amide bonds. The second-order valence-corrected chi connectivity index (χ2v) is 15.7. The number of rotatable bonds is 8. The lowest BCUT2D eigenvalue weighted by Crippen LogP contribution is -2.46. The normalized spacial score (nSPS) is 17.8. The van der Waals surface area contributed by atoms with E-state index in [9.17, 15) is 4.79 Å². The molecule has 5 nitrogen and oxygen atoms in total. The zero-order chi connectivity index (χ0) is 25.2. The molecular weight excluding hydrogens is 452 g/mol. The van der Waals surface area contributed by atoms with Gasteiger partial charge in [0.05, 0.1) is 24.2 Å². The standard InChI is InChI=1S/C29H38N2O3Si/c1-29(2,3)35(5,6)34-20-27(22-13-8-7-9-14-22)31-26(17-12-18-28(31)32)24-19-30(21-33-4)25-16-11-10-15-23(24)25/h7-16,18-19,26-27H,17,20-21H2,1-6H3/t26-,27-/m0/s1. The minimum Gasteiger partial charge on any atom is -0.414 e. The number of nitrogens with zero attached hydrogens (tertiary/aromatic N) is 2. The van der Waals surface area contributed by atoms with E-state index in [0.717, 1.165) is 28.5 Å². The molecule has 1 aromatic heterocycles. The maximum Gasteiger partial charge on any atom is 0.247 e. The van der Waals surface area contributed by atoms with Gasteiger partial charge in [-0.25, -0.2) is 0 Å². The van der Waals surface area contributed by atoms with Crippen LogP contribution < -0.4 is 0 Å². The molecule has 0 N–H and O–H groups in total. The van der Waals surface area contributed by atoms with Gasteiger partial charge in [-0.15, -0.1) is 0 Å². The van der Waals surface area contributed by atoms with Crippen LogP contribution >= 0.6 is 0 Å². The average Bonchev–Trinajstić information content (AvgIpc) is 3.19. The number of hydrogen-bond acceptors (Lipinski definition) is 3. The lowest BCUT2D eigenvalue weighted by atomic mass is 9.94. The molecule has 0 saturated carbocycles. The first-order chi connectivity index (χ1) is 16.6. The van der Waals surface area contributed by atoms with Gasteiger partial charge in [0.1, 0.15) is 6.73 Å². The van der Waals surface area contributed by atoms with E-state index < -0.39 is 8.32 Å². The van der Waals surface area contributed by atoms with Crippen molar-refractivity contribution in [3.63, 3.8) is 0 Å². The number of aromatic nitrogens is 1. The summed E-state index contributed by atoms with van der Waals surface area (Å²) in [6, 6.07) is 18.4. The van der Waals surface area contributed by atoms with E-state index >= 15 is 0 Å². The number of ether oxygens (including phenoxy) is 1. The fourth-order valence-electron chi connectivity index (χ4n) is 4.60. The van der Waals surface area contributed by atoms with Crippen LogP contribution in [0, 0.1) is 0 Å². The number of benzene rings is 2. The van der Waals surface area contributed by atoms with Gasteiger partial charge < -0.3 is 18.6 Å². The monoisotopic (exact) mass is 490 g/mol. The molecule has 35 heavy (non-hydrogen) atoms. The molecular formula is C29H38N2O3Si. The van der Waals surface area contributed by atoms with Crippen molar-refractivity contribution in [1.82, 2.24) is 9.47 Å².